The van der Waals surface area contributed by atoms with Gasteiger partial charge < -0.3 is 5.32 Å². The maximum Gasteiger partial charge on any atom is 0.230 e. The van der Waals surface area contributed by atoms with Crippen molar-refractivity contribution in [2.24, 2.45) is 11.3 Å². The van der Waals surface area contributed by atoms with Gasteiger partial charge in [0, 0.05) is 9.89 Å². The summed E-state index contributed by atoms with van der Waals surface area (Å²) in [6.45, 7) is 4.27. The molecule has 1 amide bonds. The highest BCUT2D eigenvalue weighted by Gasteiger charge is 2.41. The third kappa shape index (κ3) is 3.40. The first-order valence-corrected chi connectivity index (χ1v) is 7.99. The molecule has 4 heteroatoms. The zero-order chi connectivity index (χ0) is 14.8. The van der Waals surface area contributed by atoms with E-state index in [2.05, 4.69) is 35.1 Å². The second-order valence-corrected chi connectivity index (χ2v) is 7.08. The van der Waals surface area contributed by atoms with Crippen LogP contribution in [0.4, 0.5) is 10.1 Å². The van der Waals surface area contributed by atoms with Gasteiger partial charge in [-0.15, -0.1) is 0 Å². The summed E-state index contributed by atoms with van der Waals surface area (Å²) in [7, 11) is 0. The monoisotopic (exact) mass is 341 g/mol. The van der Waals surface area contributed by atoms with Crippen molar-refractivity contribution in [1.29, 1.82) is 0 Å². The Hall–Kier alpha value is -0.900. The number of benzene rings is 1. The van der Waals surface area contributed by atoms with Gasteiger partial charge in [0.15, 0.2) is 0 Å². The summed E-state index contributed by atoms with van der Waals surface area (Å²) in [5, 5.41) is 2.79. The van der Waals surface area contributed by atoms with Gasteiger partial charge in [-0.3, -0.25) is 4.79 Å². The summed E-state index contributed by atoms with van der Waals surface area (Å²) in [6.07, 6.45) is 4.87. The average Bonchev–Trinajstić information content (AvgIpc) is 2.81. The minimum atomic E-state index is -0.398. The van der Waals surface area contributed by atoms with Crippen molar-refractivity contribution in [3.63, 3.8) is 0 Å². The number of halogens is 2. The molecule has 1 aliphatic carbocycles. The predicted octanol–water partition coefficient (Wildman–Crippen LogP) is 5.13. The van der Waals surface area contributed by atoms with Crippen molar-refractivity contribution in [3.8, 4) is 0 Å². The number of hydrogen-bond donors (Lipinski definition) is 1. The summed E-state index contributed by atoms with van der Waals surface area (Å²) < 4.78 is 14.5. The van der Waals surface area contributed by atoms with E-state index < -0.39 is 5.82 Å². The van der Waals surface area contributed by atoms with Gasteiger partial charge >= 0.3 is 0 Å². The molecule has 0 atom stereocenters. The van der Waals surface area contributed by atoms with E-state index in [4.69, 9.17) is 0 Å². The van der Waals surface area contributed by atoms with Crippen molar-refractivity contribution < 1.29 is 9.18 Å². The lowest BCUT2D eigenvalue weighted by Crippen LogP contribution is -2.35. The van der Waals surface area contributed by atoms with Gasteiger partial charge in [0.1, 0.15) is 5.82 Å². The molecule has 0 aliphatic heterocycles. The second-order valence-electron chi connectivity index (χ2n) is 6.16. The van der Waals surface area contributed by atoms with Crippen LogP contribution in [0.5, 0.6) is 0 Å². The molecule has 0 radical (unpaired) electrons. The lowest BCUT2D eigenvalue weighted by atomic mass is 9.77. The van der Waals surface area contributed by atoms with E-state index in [-0.39, 0.29) is 17.0 Å². The minimum absolute atomic E-state index is 0.0232. The van der Waals surface area contributed by atoms with E-state index in [1.54, 1.807) is 12.1 Å². The smallest absolute Gasteiger partial charge is 0.230 e. The van der Waals surface area contributed by atoms with E-state index in [0.29, 0.717) is 10.4 Å². The molecule has 0 unspecified atom stereocenters. The molecule has 1 fully saturated rings. The van der Waals surface area contributed by atoms with Gasteiger partial charge in [0.05, 0.1) is 5.69 Å². The van der Waals surface area contributed by atoms with Crippen LogP contribution in [0.25, 0.3) is 0 Å². The molecule has 1 aromatic rings. The molecule has 2 nitrogen and oxygen atoms in total. The molecule has 1 aromatic carbocycles. The van der Waals surface area contributed by atoms with Gasteiger partial charge in [0.25, 0.3) is 0 Å². The highest BCUT2D eigenvalue weighted by atomic mass is 79.9. The predicted molar refractivity (Wildman–Crippen MR) is 83.1 cm³/mol. The number of nitrogens with one attached hydrogen (secondary N) is 1. The van der Waals surface area contributed by atoms with Crippen LogP contribution in [-0.2, 0) is 4.79 Å². The molecular weight excluding hydrogens is 321 g/mol. The zero-order valence-corrected chi connectivity index (χ0v) is 13.6. The molecule has 0 bridgehead atoms. The standard InChI is InChI=1S/C16H21BrFNO/c1-11(2)10-16(7-3-4-8-16)15(20)19-14-6-5-12(17)9-13(14)18/h5-6,9,11H,3-4,7-8,10H2,1-2H3,(H,19,20). The molecule has 20 heavy (non-hydrogen) atoms. The van der Waals surface area contributed by atoms with Crippen LogP contribution in [0, 0.1) is 17.2 Å². The van der Waals surface area contributed by atoms with E-state index in [1.165, 1.54) is 6.07 Å². The van der Waals surface area contributed by atoms with Gasteiger partial charge in [-0.2, -0.15) is 0 Å². The number of carbonyl (C=O) groups excluding carboxylic acids is 1. The van der Waals surface area contributed by atoms with Crippen LogP contribution in [0.15, 0.2) is 22.7 Å². The minimum Gasteiger partial charge on any atom is -0.323 e. The summed E-state index contributed by atoms with van der Waals surface area (Å²) in [6, 6.07) is 4.72. The van der Waals surface area contributed by atoms with E-state index in [1.807, 2.05) is 0 Å². The fourth-order valence-electron chi connectivity index (χ4n) is 3.20. The summed E-state index contributed by atoms with van der Waals surface area (Å²) in [5.41, 5.74) is -0.0403. The number of anilines is 1. The van der Waals surface area contributed by atoms with Crippen LogP contribution in [0.1, 0.15) is 46.0 Å². The molecular formula is C16H21BrFNO. The van der Waals surface area contributed by atoms with Crippen LogP contribution < -0.4 is 5.32 Å². The second kappa shape index (κ2) is 6.25. The van der Waals surface area contributed by atoms with Crippen molar-refractivity contribution in [3.05, 3.63) is 28.5 Å². The van der Waals surface area contributed by atoms with E-state index in [0.717, 1.165) is 32.1 Å². The maximum atomic E-state index is 13.8. The van der Waals surface area contributed by atoms with Gasteiger partial charge in [-0.1, -0.05) is 42.6 Å². The Labute approximate surface area is 128 Å². The lowest BCUT2D eigenvalue weighted by Gasteiger charge is -2.29. The normalized spacial score (nSPS) is 17.4. The van der Waals surface area contributed by atoms with Crippen molar-refractivity contribution >= 4 is 27.5 Å². The van der Waals surface area contributed by atoms with Crippen molar-refractivity contribution in [2.45, 2.75) is 46.0 Å². The molecule has 1 saturated carbocycles. The van der Waals surface area contributed by atoms with Crippen LogP contribution >= 0.6 is 15.9 Å². The molecule has 0 saturated heterocycles. The van der Waals surface area contributed by atoms with Gasteiger partial charge in [-0.05, 0) is 43.4 Å². The van der Waals surface area contributed by atoms with Crippen molar-refractivity contribution in [2.75, 3.05) is 5.32 Å². The Bertz CT molecular complexity index is 495. The Balaban J connectivity index is 2.16. The highest BCUT2D eigenvalue weighted by Crippen LogP contribution is 2.44. The first kappa shape index (κ1) is 15.5. The number of hydrogen-bond acceptors (Lipinski definition) is 1. The molecule has 2 rings (SSSR count). The summed E-state index contributed by atoms with van der Waals surface area (Å²) >= 11 is 3.22. The van der Waals surface area contributed by atoms with Gasteiger partial charge in [-0.25, -0.2) is 4.39 Å². The number of carbonyl (C=O) groups is 1. The first-order chi connectivity index (χ1) is 9.43. The SMILES string of the molecule is CC(C)CC1(C(=O)Nc2ccc(Br)cc2F)CCCC1. The largest absolute Gasteiger partial charge is 0.323 e. The Morgan fingerprint density at radius 1 is 1.40 bits per heavy atom. The topological polar surface area (TPSA) is 29.1 Å². The van der Waals surface area contributed by atoms with Crippen molar-refractivity contribution in [1.82, 2.24) is 0 Å². The molecule has 1 aliphatic rings. The Kier molecular flexibility index (Phi) is 4.84. The maximum absolute atomic E-state index is 13.8. The average molecular weight is 342 g/mol. The Morgan fingerprint density at radius 2 is 2.05 bits per heavy atom. The fourth-order valence-corrected chi connectivity index (χ4v) is 3.54. The molecule has 0 heterocycles. The fraction of sp³-hybridized carbons (Fsp3) is 0.562. The highest BCUT2D eigenvalue weighted by molar-refractivity contribution is 9.10. The lowest BCUT2D eigenvalue weighted by molar-refractivity contribution is -0.126. The van der Waals surface area contributed by atoms with Crippen LogP contribution in [-0.4, -0.2) is 5.91 Å². The van der Waals surface area contributed by atoms with E-state index in [9.17, 15) is 9.18 Å². The van der Waals surface area contributed by atoms with E-state index >= 15 is 0 Å². The summed E-state index contributed by atoms with van der Waals surface area (Å²) in [4.78, 5) is 12.6. The van der Waals surface area contributed by atoms with Crippen LogP contribution in [0.2, 0.25) is 0 Å². The molecule has 0 aromatic heterocycles. The molecule has 1 N–H and O–H groups in total. The number of amides is 1. The quantitative estimate of drug-likeness (QED) is 0.807. The third-order valence-corrected chi connectivity index (χ3v) is 4.51. The molecule has 0 spiro atoms. The zero-order valence-electron chi connectivity index (χ0n) is 12.0. The first-order valence-electron chi connectivity index (χ1n) is 7.19. The molecule has 110 valence electrons. The van der Waals surface area contributed by atoms with Gasteiger partial charge in [0.2, 0.25) is 5.91 Å². The third-order valence-electron chi connectivity index (χ3n) is 4.02. The summed E-state index contributed by atoms with van der Waals surface area (Å²) in [5.74, 6) is 0.0453. The number of rotatable bonds is 4. The Morgan fingerprint density at radius 3 is 2.60 bits per heavy atom. The van der Waals surface area contributed by atoms with Crippen LogP contribution in [0.3, 0.4) is 0 Å².